The molecule has 1 aliphatic rings. The summed E-state index contributed by atoms with van der Waals surface area (Å²) in [5.74, 6) is 0.504. The molecule has 0 saturated carbocycles. The average molecular weight is 240 g/mol. The molecule has 0 radical (unpaired) electrons. The molecule has 0 unspecified atom stereocenters. The Balaban J connectivity index is 2.20. The standard InChI is InChI=1S/C10H10ClN3O2/c11-9-3-7(5-13)10-8(4-9)6-14(16-10)15-2-1-12/h3-4H,1-2,6,12H2. The summed E-state index contributed by atoms with van der Waals surface area (Å²) in [5, 5.41) is 10.7. The predicted molar refractivity (Wildman–Crippen MR) is 57.3 cm³/mol. The number of benzene rings is 1. The van der Waals surface area contributed by atoms with Crippen LogP contribution < -0.4 is 10.6 Å². The molecule has 0 bridgehead atoms. The van der Waals surface area contributed by atoms with E-state index in [1.807, 2.05) is 6.07 Å². The zero-order valence-electron chi connectivity index (χ0n) is 8.44. The van der Waals surface area contributed by atoms with Gasteiger partial charge in [-0.15, -0.1) is 0 Å². The molecule has 0 aromatic heterocycles. The SMILES string of the molecule is N#Cc1cc(Cl)cc2c1ON(OCCN)C2. The van der Waals surface area contributed by atoms with Gasteiger partial charge >= 0.3 is 0 Å². The molecule has 2 rings (SSSR count). The highest BCUT2D eigenvalue weighted by atomic mass is 35.5. The minimum atomic E-state index is 0.365. The van der Waals surface area contributed by atoms with Crippen molar-refractivity contribution in [3.05, 3.63) is 28.3 Å². The van der Waals surface area contributed by atoms with E-state index >= 15 is 0 Å². The number of nitrogens with two attached hydrogens (primary N) is 1. The molecule has 0 aliphatic carbocycles. The first-order valence-corrected chi connectivity index (χ1v) is 5.13. The maximum absolute atomic E-state index is 8.92. The molecule has 0 saturated heterocycles. The lowest BCUT2D eigenvalue weighted by molar-refractivity contribution is -0.310. The van der Waals surface area contributed by atoms with Gasteiger partial charge in [0.15, 0.2) is 5.75 Å². The Morgan fingerprint density at radius 1 is 1.62 bits per heavy atom. The average Bonchev–Trinajstić information content (AvgIpc) is 2.67. The van der Waals surface area contributed by atoms with Gasteiger partial charge in [0.05, 0.1) is 18.7 Å². The third-order valence-electron chi connectivity index (χ3n) is 2.10. The largest absolute Gasteiger partial charge is 0.378 e. The molecular weight excluding hydrogens is 230 g/mol. The van der Waals surface area contributed by atoms with E-state index in [0.717, 1.165) is 5.56 Å². The lowest BCUT2D eigenvalue weighted by atomic mass is 10.1. The van der Waals surface area contributed by atoms with Crippen molar-refractivity contribution in [3.63, 3.8) is 0 Å². The van der Waals surface area contributed by atoms with Crippen LogP contribution in [-0.4, -0.2) is 18.4 Å². The second kappa shape index (κ2) is 4.68. The molecule has 5 nitrogen and oxygen atoms in total. The van der Waals surface area contributed by atoms with Crippen LogP contribution in [0.5, 0.6) is 5.75 Å². The first-order valence-electron chi connectivity index (χ1n) is 4.75. The quantitative estimate of drug-likeness (QED) is 0.859. The first kappa shape index (κ1) is 11.2. The minimum absolute atomic E-state index is 0.365. The Morgan fingerprint density at radius 3 is 3.12 bits per heavy atom. The third-order valence-corrected chi connectivity index (χ3v) is 2.31. The second-order valence-electron chi connectivity index (χ2n) is 3.26. The minimum Gasteiger partial charge on any atom is -0.378 e. The number of halogens is 1. The summed E-state index contributed by atoms with van der Waals surface area (Å²) in [6, 6.07) is 5.34. The topological polar surface area (TPSA) is 71.5 Å². The Morgan fingerprint density at radius 2 is 2.44 bits per heavy atom. The number of rotatable bonds is 3. The van der Waals surface area contributed by atoms with E-state index in [2.05, 4.69) is 0 Å². The van der Waals surface area contributed by atoms with Crippen molar-refractivity contribution in [2.24, 2.45) is 5.73 Å². The van der Waals surface area contributed by atoms with Gasteiger partial charge in [0.25, 0.3) is 0 Å². The molecule has 0 fully saturated rings. The van der Waals surface area contributed by atoms with Crippen molar-refractivity contribution in [2.45, 2.75) is 6.54 Å². The molecule has 16 heavy (non-hydrogen) atoms. The summed E-state index contributed by atoms with van der Waals surface area (Å²) in [4.78, 5) is 10.6. The van der Waals surface area contributed by atoms with E-state index in [4.69, 9.17) is 32.3 Å². The number of hydroxylamine groups is 2. The van der Waals surface area contributed by atoms with Crippen molar-refractivity contribution in [3.8, 4) is 11.8 Å². The summed E-state index contributed by atoms with van der Waals surface area (Å²) in [5.41, 5.74) is 6.55. The Hall–Kier alpha value is -1.32. The van der Waals surface area contributed by atoms with Crippen molar-refractivity contribution in [1.82, 2.24) is 5.23 Å². The number of hydrogen-bond acceptors (Lipinski definition) is 5. The lowest BCUT2D eigenvalue weighted by Gasteiger charge is -2.12. The molecule has 1 aromatic carbocycles. The highest BCUT2D eigenvalue weighted by Gasteiger charge is 2.25. The molecule has 0 atom stereocenters. The zero-order chi connectivity index (χ0) is 11.5. The fourth-order valence-corrected chi connectivity index (χ4v) is 1.70. The highest BCUT2D eigenvalue weighted by molar-refractivity contribution is 6.30. The third kappa shape index (κ3) is 2.10. The van der Waals surface area contributed by atoms with Crippen LogP contribution >= 0.6 is 11.6 Å². The van der Waals surface area contributed by atoms with Gasteiger partial charge in [0, 0.05) is 17.1 Å². The van der Waals surface area contributed by atoms with Gasteiger partial charge in [-0.3, -0.25) is 4.84 Å². The fraction of sp³-hybridized carbons (Fsp3) is 0.300. The van der Waals surface area contributed by atoms with Crippen LogP contribution in [0.15, 0.2) is 12.1 Å². The Bertz CT molecular complexity index is 444. The molecular formula is C10H10ClN3O2. The van der Waals surface area contributed by atoms with Crippen LogP contribution in [0.3, 0.4) is 0 Å². The predicted octanol–water partition coefficient (Wildman–Crippen LogP) is 1.21. The molecule has 6 heteroatoms. The number of fused-ring (bicyclic) bond motifs is 1. The summed E-state index contributed by atoms with van der Waals surface area (Å²) in [6.45, 7) is 1.20. The van der Waals surface area contributed by atoms with Gasteiger partial charge in [0.1, 0.15) is 6.07 Å². The number of nitriles is 1. The smallest absolute Gasteiger partial charge is 0.173 e. The summed E-state index contributed by atoms with van der Waals surface area (Å²) >= 11 is 5.87. The fourth-order valence-electron chi connectivity index (χ4n) is 1.46. The van der Waals surface area contributed by atoms with Crippen LogP contribution in [0.4, 0.5) is 0 Å². The molecule has 1 aliphatic heterocycles. The van der Waals surface area contributed by atoms with Gasteiger partial charge in [-0.05, 0) is 17.4 Å². The second-order valence-corrected chi connectivity index (χ2v) is 3.69. The summed E-state index contributed by atoms with van der Waals surface area (Å²) < 4.78 is 0. The molecule has 84 valence electrons. The van der Waals surface area contributed by atoms with E-state index in [-0.39, 0.29) is 0 Å². The van der Waals surface area contributed by atoms with Gasteiger partial charge in [0.2, 0.25) is 0 Å². The maximum Gasteiger partial charge on any atom is 0.173 e. The maximum atomic E-state index is 8.92. The monoisotopic (exact) mass is 239 g/mol. The van der Waals surface area contributed by atoms with Crippen molar-refractivity contribution in [2.75, 3.05) is 13.2 Å². The van der Waals surface area contributed by atoms with E-state index in [0.29, 0.717) is 36.0 Å². The van der Waals surface area contributed by atoms with Gasteiger partial charge in [-0.1, -0.05) is 11.6 Å². The molecule has 2 N–H and O–H groups in total. The molecule has 0 amide bonds. The molecule has 0 spiro atoms. The van der Waals surface area contributed by atoms with Crippen LogP contribution in [0.2, 0.25) is 5.02 Å². The van der Waals surface area contributed by atoms with Gasteiger partial charge < -0.3 is 10.6 Å². The first-order chi connectivity index (χ1) is 7.74. The number of hydrogen-bond donors (Lipinski definition) is 1. The van der Waals surface area contributed by atoms with E-state index < -0.39 is 0 Å². The van der Waals surface area contributed by atoms with Crippen LogP contribution in [-0.2, 0) is 11.4 Å². The van der Waals surface area contributed by atoms with E-state index in [1.165, 1.54) is 5.23 Å². The highest BCUT2D eigenvalue weighted by Crippen LogP contribution is 2.34. The van der Waals surface area contributed by atoms with Crippen molar-refractivity contribution in [1.29, 1.82) is 5.26 Å². The van der Waals surface area contributed by atoms with Crippen LogP contribution in [0.25, 0.3) is 0 Å². The Kier molecular flexibility index (Phi) is 3.27. The summed E-state index contributed by atoms with van der Waals surface area (Å²) in [6.07, 6.45) is 0. The van der Waals surface area contributed by atoms with Crippen molar-refractivity contribution >= 4 is 11.6 Å². The Labute approximate surface area is 97.8 Å². The van der Waals surface area contributed by atoms with Crippen LogP contribution in [0.1, 0.15) is 11.1 Å². The van der Waals surface area contributed by atoms with Crippen molar-refractivity contribution < 1.29 is 9.68 Å². The number of nitrogens with zero attached hydrogens (tertiary/aromatic N) is 2. The van der Waals surface area contributed by atoms with Crippen LogP contribution in [0, 0.1) is 11.3 Å². The lowest BCUT2D eigenvalue weighted by Crippen LogP contribution is -2.25. The molecule has 1 aromatic rings. The summed E-state index contributed by atoms with van der Waals surface area (Å²) in [7, 11) is 0. The van der Waals surface area contributed by atoms with E-state index in [1.54, 1.807) is 12.1 Å². The van der Waals surface area contributed by atoms with Gasteiger partial charge in [-0.2, -0.15) is 5.26 Å². The zero-order valence-corrected chi connectivity index (χ0v) is 9.20. The normalized spacial score (nSPS) is 14.3. The molecule has 1 heterocycles. The van der Waals surface area contributed by atoms with E-state index in [9.17, 15) is 0 Å². The van der Waals surface area contributed by atoms with Gasteiger partial charge in [-0.25, -0.2) is 0 Å².